The lowest BCUT2D eigenvalue weighted by atomic mass is 10.0. The number of sulfonamides is 1. The standard InChI is InChI=1S/C30H33FN4O4S2/c1-21-27(39-26-13-15-34(16-14-26)22(2)24-7-5-4-6-8-24)17-32-30(29(21)31)41(36,37)35(28-19-40-20-33-28)18-23-9-11-25(38-3)12-10-23/h4-12,17,19-20,22,26H,13-16,18H2,1-3H3. The molecule has 0 amide bonds. The Morgan fingerprint density at radius 3 is 2.44 bits per heavy atom. The minimum Gasteiger partial charge on any atom is -0.497 e. The van der Waals surface area contributed by atoms with Gasteiger partial charge in [0.15, 0.2) is 11.6 Å². The molecule has 1 aliphatic heterocycles. The van der Waals surface area contributed by atoms with E-state index in [1.165, 1.54) is 35.5 Å². The highest BCUT2D eigenvalue weighted by Crippen LogP contribution is 2.32. The summed E-state index contributed by atoms with van der Waals surface area (Å²) in [6.45, 7) is 5.36. The second-order valence-electron chi connectivity index (χ2n) is 10.0. The van der Waals surface area contributed by atoms with E-state index >= 15 is 4.39 Å². The maximum atomic E-state index is 15.7. The van der Waals surface area contributed by atoms with Gasteiger partial charge in [-0.1, -0.05) is 42.5 Å². The summed E-state index contributed by atoms with van der Waals surface area (Å²) in [5.74, 6) is 0.174. The molecular weight excluding hydrogens is 563 g/mol. The zero-order valence-electron chi connectivity index (χ0n) is 23.2. The second kappa shape index (κ2) is 12.5. The van der Waals surface area contributed by atoms with E-state index in [0.717, 1.165) is 30.2 Å². The quantitative estimate of drug-likeness (QED) is 0.222. The van der Waals surface area contributed by atoms with E-state index in [1.54, 1.807) is 36.8 Å². The molecule has 2 aromatic carbocycles. The van der Waals surface area contributed by atoms with Crippen LogP contribution in [0.5, 0.6) is 11.5 Å². The first-order valence-corrected chi connectivity index (χ1v) is 15.8. The van der Waals surface area contributed by atoms with Gasteiger partial charge in [0.05, 0.1) is 25.4 Å². The first-order valence-electron chi connectivity index (χ1n) is 13.4. The number of anilines is 1. The van der Waals surface area contributed by atoms with Gasteiger partial charge in [-0.3, -0.25) is 4.90 Å². The Labute approximate surface area is 244 Å². The van der Waals surface area contributed by atoms with Crippen molar-refractivity contribution in [2.45, 2.75) is 50.4 Å². The predicted octanol–water partition coefficient (Wildman–Crippen LogP) is 5.99. The molecule has 0 aliphatic carbocycles. The minimum absolute atomic E-state index is 0.0472. The predicted molar refractivity (Wildman–Crippen MR) is 157 cm³/mol. The van der Waals surface area contributed by atoms with Gasteiger partial charge in [0, 0.05) is 30.1 Å². The molecule has 4 aromatic rings. The lowest BCUT2D eigenvalue weighted by molar-refractivity contribution is 0.0786. The average Bonchev–Trinajstić information content (AvgIpc) is 3.53. The van der Waals surface area contributed by atoms with Gasteiger partial charge in [0.1, 0.15) is 17.6 Å². The number of pyridine rings is 1. The molecule has 0 radical (unpaired) electrons. The highest BCUT2D eigenvalue weighted by atomic mass is 32.2. The number of likely N-dealkylation sites (tertiary alicyclic amines) is 1. The van der Waals surface area contributed by atoms with Crippen LogP contribution in [0.1, 0.15) is 42.5 Å². The Balaban J connectivity index is 1.31. The van der Waals surface area contributed by atoms with Crippen molar-refractivity contribution in [3.8, 4) is 11.5 Å². The van der Waals surface area contributed by atoms with E-state index in [-0.39, 0.29) is 29.8 Å². The van der Waals surface area contributed by atoms with Crippen LogP contribution in [0.25, 0.3) is 0 Å². The highest BCUT2D eigenvalue weighted by molar-refractivity contribution is 7.92. The molecule has 1 unspecified atom stereocenters. The van der Waals surface area contributed by atoms with Crippen LogP contribution in [0.15, 0.2) is 76.7 Å². The van der Waals surface area contributed by atoms with Crippen molar-refractivity contribution in [1.29, 1.82) is 0 Å². The molecule has 1 atom stereocenters. The fraction of sp³-hybridized carbons (Fsp3) is 0.333. The molecule has 1 saturated heterocycles. The molecule has 216 valence electrons. The number of rotatable bonds is 10. The van der Waals surface area contributed by atoms with Crippen molar-refractivity contribution in [2.75, 3.05) is 24.5 Å². The van der Waals surface area contributed by atoms with Gasteiger partial charge in [-0.15, -0.1) is 11.3 Å². The zero-order chi connectivity index (χ0) is 29.0. The number of halogens is 1. The third-order valence-electron chi connectivity index (χ3n) is 7.48. The summed E-state index contributed by atoms with van der Waals surface area (Å²) in [5.41, 5.74) is 3.60. The number of thiazole rings is 1. The van der Waals surface area contributed by atoms with Gasteiger partial charge in [-0.2, -0.15) is 8.42 Å². The molecule has 2 aromatic heterocycles. The van der Waals surface area contributed by atoms with Crippen LogP contribution in [0.4, 0.5) is 10.2 Å². The van der Waals surface area contributed by atoms with Crippen LogP contribution in [0.2, 0.25) is 0 Å². The molecule has 8 nitrogen and oxygen atoms in total. The molecular formula is C30H33FN4O4S2. The topological polar surface area (TPSA) is 84.9 Å². The maximum absolute atomic E-state index is 15.7. The van der Waals surface area contributed by atoms with Gasteiger partial charge in [-0.05, 0) is 49.9 Å². The van der Waals surface area contributed by atoms with Crippen molar-refractivity contribution in [3.05, 3.63) is 94.2 Å². The summed E-state index contributed by atoms with van der Waals surface area (Å²) in [4.78, 5) is 10.7. The Hall–Kier alpha value is -3.54. The van der Waals surface area contributed by atoms with Gasteiger partial charge < -0.3 is 9.47 Å². The smallest absolute Gasteiger partial charge is 0.286 e. The minimum atomic E-state index is -4.39. The molecule has 0 saturated carbocycles. The van der Waals surface area contributed by atoms with Crippen molar-refractivity contribution in [1.82, 2.24) is 14.9 Å². The third-order valence-corrected chi connectivity index (χ3v) is 9.72. The molecule has 1 fully saturated rings. The van der Waals surface area contributed by atoms with E-state index in [4.69, 9.17) is 9.47 Å². The van der Waals surface area contributed by atoms with E-state index in [2.05, 4.69) is 33.9 Å². The first-order chi connectivity index (χ1) is 19.8. The summed E-state index contributed by atoms with van der Waals surface area (Å²) in [7, 11) is -2.83. The van der Waals surface area contributed by atoms with E-state index in [9.17, 15) is 8.42 Å². The highest BCUT2D eigenvalue weighted by Gasteiger charge is 2.33. The summed E-state index contributed by atoms with van der Waals surface area (Å²) < 4.78 is 55.7. The number of nitrogens with zero attached hydrogens (tertiary/aromatic N) is 4. The number of methoxy groups -OCH3 is 1. The molecule has 0 bridgehead atoms. The molecule has 5 rings (SSSR count). The summed E-state index contributed by atoms with van der Waals surface area (Å²) in [6.07, 6.45) is 2.75. The first kappa shape index (κ1) is 29.0. The lowest BCUT2D eigenvalue weighted by Gasteiger charge is -2.36. The molecule has 1 aliphatic rings. The number of hydrogen-bond acceptors (Lipinski definition) is 8. The van der Waals surface area contributed by atoms with Gasteiger partial charge in [0.25, 0.3) is 10.0 Å². The Morgan fingerprint density at radius 2 is 1.80 bits per heavy atom. The van der Waals surface area contributed by atoms with Crippen molar-refractivity contribution in [2.24, 2.45) is 0 Å². The fourth-order valence-corrected chi connectivity index (χ4v) is 7.01. The van der Waals surface area contributed by atoms with Crippen molar-refractivity contribution < 1.29 is 22.3 Å². The zero-order valence-corrected chi connectivity index (χ0v) is 24.9. The van der Waals surface area contributed by atoms with Crippen LogP contribution in [-0.4, -0.2) is 49.6 Å². The SMILES string of the molecule is COc1ccc(CN(c2cscn2)S(=O)(=O)c2ncc(OC3CCN(C(C)c4ccccc4)CC3)c(C)c2F)cc1. The van der Waals surface area contributed by atoms with Crippen LogP contribution in [0, 0.1) is 12.7 Å². The molecule has 41 heavy (non-hydrogen) atoms. The normalized spacial score (nSPS) is 15.4. The van der Waals surface area contributed by atoms with Crippen molar-refractivity contribution >= 4 is 27.2 Å². The summed E-state index contributed by atoms with van der Waals surface area (Å²) in [5, 5.41) is 0.948. The number of benzene rings is 2. The Kier molecular flexibility index (Phi) is 8.86. The van der Waals surface area contributed by atoms with Gasteiger partial charge in [0.2, 0.25) is 5.03 Å². The molecule has 3 heterocycles. The lowest BCUT2D eigenvalue weighted by Crippen LogP contribution is -2.39. The maximum Gasteiger partial charge on any atom is 0.286 e. The Bertz CT molecular complexity index is 1540. The van der Waals surface area contributed by atoms with Gasteiger partial charge in [-0.25, -0.2) is 18.7 Å². The van der Waals surface area contributed by atoms with Crippen LogP contribution < -0.4 is 13.8 Å². The van der Waals surface area contributed by atoms with Crippen LogP contribution in [0.3, 0.4) is 0 Å². The second-order valence-corrected chi connectivity index (χ2v) is 12.5. The largest absolute Gasteiger partial charge is 0.497 e. The molecule has 0 N–H and O–H groups in total. The van der Waals surface area contributed by atoms with E-state index < -0.39 is 20.9 Å². The number of piperidine rings is 1. The van der Waals surface area contributed by atoms with E-state index in [0.29, 0.717) is 17.4 Å². The fourth-order valence-electron chi connectivity index (χ4n) is 4.96. The number of hydrogen-bond donors (Lipinski definition) is 0. The van der Waals surface area contributed by atoms with Crippen molar-refractivity contribution in [3.63, 3.8) is 0 Å². The molecule has 0 spiro atoms. The average molecular weight is 597 g/mol. The third kappa shape index (κ3) is 6.37. The monoisotopic (exact) mass is 596 g/mol. The summed E-state index contributed by atoms with van der Waals surface area (Å²) >= 11 is 1.25. The van der Waals surface area contributed by atoms with Crippen LogP contribution >= 0.6 is 11.3 Å². The summed E-state index contributed by atoms with van der Waals surface area (Å²) in [6, 6.07) is 17.7. The van der Waals surface area contributed by atoms with Crippen LogP contribution in [-0.2, 0) is 16.6 Å². The number of ether oxygens (including phenoxy) is 2. The van der Waals surface area contributed by atoms with Gasteiger partial charge >= 0.3 is 0 Å². The molecule has 11 heteroatoms. The van der Waals surface area contributed by atoms with E-state index in [1.807, 2.05) is 18.2 Å². The number of aromatic nitrogens is 2. The Morgan fingerprint density at radius 1 is 1.10 bits per heavy atom.